The van der Waals surface area contributed by atoms with E-state index >= 15 is 0 Å². The van der Waals surface area contributed by atoms with Crippen LogP contribution in [0.1, 0.15) is 23.6 Å². The van der Waals surface area contributed by atoms with Crippen LogP contribution in [-0.2, 0) is 4.79 Å². The molecule has 0 saturated carbocycles. The highest BCUT2D eigenvalue weighted by atomic mass is 16.1. The second kappa shape index (κ2) is 5.27. The Bertz CT molecular complexity index is 629. The molecule has 1 N–H and O–H groups in total. The van der Waals surface area contributed by atoms with Crippen molar-refractivity contribution >= 4 is 11.6 Å². The average Bonchev–Trinajstić information content (AvgIpc) is 2.36. The largest absolute Gasteiger partial charge is 0.326 e. The van der Waals surface area contributed by atoms with Crippen molar-refractivity contribution in [2.75, 3.05) is 5.32 Å². The van der Waals surface area contributed by atoms with E-state index in [1.54, 1.807) is 0 Å². The summed E-state index contributed by atoms with van der Waals surface area (Å²) in [7, 11) is 0. The molecule has 2 nitrogen and oxygen atoms in total. The number of hydrogen-bond acceptors (Lipinski definition) is 1. The first kappa shape index (κ1) is 13.3. The lowest BCUT2D eigenvalue weighted by Gasteiger charge is -2.12. The Labute approximate surface area is 114 Å². The topological polar surface area (TPSA) is 29.1 Å². The standard InChI is InChI=1S/C17H19NO/c1-11-8-9-17(13(3)12(11)2)15-6-5-7-16(10-15)18-14(4)19/h5-10H,1-4H3,(H,18,19). The highest BCUT2D eigenvalue weighted by Crippen LogP contribution is 2.28. The fourth-order valence-electron chi connectivity index (χ4n) is 2.24. The molecule has 0 spiro atoms. The van der Waals surface area contributed by atoms with Crippen molar-refractivity contribution < 1.29 is 4.79 Å². The molecule has 0 bridgehead atoms. The predicted molar refractivity (Wildman–Crippen MR) is 80.4 cm³/mol. The number of amides is 1. The van der Waals surface area contributed by atoms with Gasteiger partial charge in [0, 0.05) is 12.6 Å². The fraction of sp³-hybridized carbons (Fsp3) is 0.235. The zero-order valence-corrected chi connectivity index (χ0v) is 11.9. The summed E-state index contributed by atoms with van der Waals surface area (Å²) < 4.78 is 0. The van der Waals surface area contributed by atoms with Crippen molar-refractivity contribution in [2.24, 2.45) is 0 Å². The van der Waals surface area contributed by atoms with Crippen LogP contribution in [-0.4, -0.2) is 5.91 Å². The van der Waals surface area contributed by atoms with Gasteiger partial charge in [-0.3, -0.25) is 4.79 Å². The molecule has 0 heterocycles. The van der Waals surface area contributed by atoms with Crippen LogP contribution in [0.15, 0.2) is 36.4 Å². The van der Waals surface area contributed by atoms with Gasteiger partial charge in [0.15, 0.2) is 0 Å². The number of benzene rings is 2. The smallest absolute Gasteiger partial charge is 0.221 e. The first-order valence-electron chi connectivity index (χ1n) is 6.44. The monoisotopic (exact) mass is 253 g/mol. The number of hydrogen-bond donors (Lipinski definition) is 1. The first-order chi connectivity index (χ1) is 8.99. The van der Waals surface area contributed by atoms with Gasteiger partial charge in [0.2, 0.25) is 5.91 Å². The molecule has 0 aliphatic rings. The summed E-state index contributed by atoms with van der Waals surface area (Å²) in [5.74, 6) is -0.0473. The van der Waals surface area contributed by atoms with E-state index in [1.807, 2.05) is 18.2 Å². The quantitative estimate of drug-likeness (QED) is 0.852. The number of rotatable bonds is 2. The van der Waals surface area contributed by atoms with Gasteiger partial charge in [-0.2, -0.15) is 0 Å². The molecule has 19 heavy (non-hydrogen) atoms. The minimum atomic E-state index is -0.0473. The van der Waals surface area contributed by atoms with Crippen molar-refractivity contribution in [3.63, 3.8) is 0 Å². The van der Waals surface area contributed by atoms with Crippen LogP contribution in [0.25, 0.3) is 11.1 Å². The molecule has 0 atom stereocenters. The minimum Gasteiger partial charge on any atom is -0.326 e. The summed E-state index contributed by atoms with van der Waals surface area (Å²) in [5.41, 5.74) is 7.10. The summed E-state index contributed by atoms with van der Waals surface area (Å²) in [5, 5.41) is 2.82. The Balaban J connectivity index is 2.47. The van der Waals surface area contributed by atoms with Crippen LogP contribution in [0.5, 0.6) is 0 Å². The molecule has 0 fully saturated rings. The molecular weight excluding hydrogens is 234 g/mol. The number of carbonyl (C=O) groups is 1. The van der Waals surface area contributed by atoms with Crippen LogP contribution >= 0.6 is 0 Å². The number of carbonyl (C=O) groups excluding carboxylic acids is 1. The molecule has 0 aliphatic carbocycles. The van der Waals surface area contributed by atoms with Gasteiger partial charge in [-0.1, -0.05) is 24.3 Å². The second-order valence-electron chi connectivity index (χ2n) is 4.94. The normalized spacial score (nSPS) is 10.3. The van der Waals surface area contributed by atoms with Crippen molar-refractivity contribution in [1.29, 1.82) is 0 Å². The van der Waals surface area contributed by atoms with E-state index in [0.29, 0.717) is 0 Å². The number of aryl methyl sites for hydroxylation is 1. The molecule has 1 amide bonds. The Morgan fingerprint density at radius 3 is 2.42 bits per heavy atom. The molecule has 0 unspecified atom stereocenters. The predicted octanol–water partition coefficient (Wildman–Crippen LogP) is 4.24. The van der Waals surface area contributed by atoms with E-state index in [2.05, 4.69) is 44.3 Å². The summed E-state index contributed by atoms with van der Waals surface area (Å²) in [6.07, 6.45) is 0. The summed E-state index contributed by atoms with van der Waals surface area (Å²) in [6, 6.07) is 12.2. The summed E-state index contributed by atoms with van der Waals surface area (Å²) >= 11 is 0. The van der Waals surface area contributed by atoms with E-state index in [4.69, 9.17) is 0 Å². The highest BCUT2D eigenvalue weighted by molar-refractivity contribution is 5.89. The van der Waals surface area contributed by atoms with Gasteiger partial charge < -0.3 is 5.32 Å². The third-order valence-corrected chi connectivity index (χ3v) is 3.55. The molecule has 0 saturated heterocycles. The zero-order valence-electron chi connectivity index (χ0n) is 11.9. The lowest BCUT2D eigenvalue weighted by Crippen LogP contribution is -2.05. The third-order valence-electron chi connectivity index (χ3n) is 3.55. The Morgan fingerprint density at radius 1 is 1.00 bits per heavy atom. The van der Waals surface area contributed by atoms with Crippen LogP contribution in [0.3, 0.4) is 0 Å². The molecular formula is C17H19NO. The van der Waals surface area contributed by atoms with Gasteiger partial charge in [-0.05, 0) is 60.7 Å². The van der Waals surface area contributed by atoms with E-state index in [1.165, 1.54) is 29.2 Å². The van der Waals surface area contributed by atoms with Crippen molar-refractivity contribution in [2.45, 2.75) is 27.7 Å². The maximum absolute atomic E-state index is 11.1. The molecule has 0 radical (unpaired) electrons. The first-order valence-corrected chi connectivity index (χ1v) is 6.44. The van der Waals surface area contributed by atoms with E-state index < -0.39 is 0 Å². The molecule has 2 aromatic carbocycles. The van der Waals surface area contributed by atoms with Gasteiger partial charge in [-0.25, -0.2) is 0 Å². The van der Waals surface area contributed by atoms with Gasteiger partial charge in [-0.15, -0.1) is 0 Å². The van der Waals surface area contributed by atoms with E-state index in [0.717, 1.165) is 11.3 Å². The highest BCUT2D eigenvalue weighted by Gasteiger charge is 2.07. The van der Waals surface area contributed by atoms with Gasteiger partial charge in [0.1, 0.15) is 0 Å². The van der Waals surface area contributed by atoms with Crippen molar-refractivity contribution in [3.8, 4) is 11.1 Å². The van der Waals surface area contributed by atoms with Crippen LogP contribution in [0, 0.1) is 20.8 Å². The lowest BCUT2D eigenvalue weighted by molar-refractivity contribution is -0.114. The maximum atomic E-state index is 11.1. The lowest BCUT2D eigenvalue weighted by atomic mass is 9.94. The third kappa shape index (κ3) is 2.84. The van der Waals surface area contributed by atoms with Gasteiger partial charge in [0.25, 0.3) is 0 Å². The Hall–Kier alpha value is -2.09. The SMILES string of the molecule is CC(=O)Nc1cccc(-c2ccc(C)c(C)c2C)c1. The average molecular weight is 253 g/mol. The number of anilines is 1. The van der Waals surface area contributed by atoms with Crippen LogP contribution < -0.4 is 5.32 Å². The zero-order chi connectivity index (χ0) is 14.0. The molecule has 2 rings (SSSR count). The maximum Gasteiger partial charge on any atom is 0.221 e. The van der Waals surface area contributed by atoms with E-state index in [9.17, 15) is 4.79 Å². The Morgan fingerprint density at radius 2 is 1.74 bits per heavy atom. The van der Waals surface area contributed by atoms with E-state index in [-0.39, 0.29) is 5.91 Å². The molecule has 2 heteroatoms. The second-order valence-corrected chi connectivity index (χ2v) is 4.94. The number of nitrogens with one attached hydrogen (secondary N) is 1. The molecule has 98 valence electrons. The van der Waals surface area contributed by atoms with Crippen LogP contribution in [0.4, 0.5) is 5.69 Å². The van der Waals surface area contributed by atoms with Crippen molar-refractivity contribution in [3.05, 3.63) is 53.1 Å². The minimum absolute atomic E-state index is 0.0473. The molecule has 0 aliphatic heterocycles. The fourth-order valence-corrected chi connectivity index (χ4v) is 2.24. The Kier molecular flexibility index (Phi) is 3.70. The van der Waals surface area contributed by atoms with Crippen LogP contribution in [0.2, 0.25) is 0 Å². The summed E-state index contributed by atoms with van der Waals surface area (Å²) in [6.45, 7) is 7.93. The van der Waals surface area contributed by atoms with Gasteiger partial charge >= 0.3 is 0 Å². The molecule has 0 aromatic heterocycles. The van der Waals surface area contributed by atoms with Gasteiger partial charge in [0.05, 0.1) is 0 Å². The van der Waals surface area contributed by atoms with Crippen molar-refractivity contribution in [1.82, 2.24) is 0 Å². The summed E-state index contributed by atoms with van der Waals surface area (Å²) in [4.78, 5) is 11.1. The molecule has 2 aromatic rings.